The highest BCUT2D eigenvalue weighted by atomic mass is 35.5. The normalized spacial score (nSPS) is 11.1. The quantitative estimate of drug-likeness (QED) is 0.368. The fourth-order valence-corrected chi connectivity index (χ4v) is 2.88. The molecule has 0 aromatic heterocycles. The molecule has 0 aliphatic carbocycles. The summed E-state index contributed by atoms with van der Waals surface area (Å²) in [7, 11) is 0. The van der Waals surface area contributed by atoms with E-state index in [-0.39, 0.29) is 5.91 Å². The van der Waals surface area contributed by atoms with Gasteiger partial charge >= 0.3 is 0 Å². The third-order valence-corrected chi connectivity index (χ3v) is 4.39. The van der Waals surface area contributed by atoms with Gasteiger partial charge in [0.1, 0.15) is 0 Å². The number of hydrogen-bond acceptors (Lipinski definition) is 1. The molecule has 128 valence electrons. The molecule has 0 heterocycles. The van der Waals surface area contributed by atoms with Gasteiger partial charge in [0, 0.05) is 28.2 Å². The lowest BCUT2D eigenvalue weighted by Gasteiger charge is -2.04. The lowest BCUT2D eigenvalue weighted by atomic mass is 10.1. The first kappa shape index (κ1) is 20.1. The van der Waals surface area contributed by atoms with E-state index < -0.39 is 0 Å². The Labute approximate surface area is 150 Å². The van der Waals surface area contributed by atoms with Crippen LogP contribution in [0.1, 0.15) is 63.9 Å². The molecule has 1 aromatic carbocycles. The van der Waals surface area contributed by atoms with Crippen molar-refractivity contribution in [2.75, 3.05) is 6.54 Å². The Morgan fingerprint density at radius 1 is 1.00 bits per heavy atom. The lowest BCUT2D eigenvalue weighted by molar-refractivity contribution is -0.116. The highest BCUT2D eigenvalue weighted by Gasteiger charge is 2.02. The summed E-state index contributed by atoms with van der Waals surface area (Å²) in [5.41, 5.74) is 0.679. The number of carbonyl (C=O) groups excluding carboxylic acids is 1. The zero-order valence-corrected chi connectivity index (χ0v) is 15.4. The maximum absolute atomic E-state index is 11.8. The van der Waals surface area contributed by atoms with Crippen molar-refractivity contribution in [1.29, 1.82) is 0 Å². The van der Waals surface area contributed by atoms with Crippen molar-refractivity contribution in [2.45, 2.75) is 58.3 Å². The van der Waals surface area contributed by atoms with E-state index in [0.717, 1.165) is 6.42 Å². The summed E-state index contributed by atoms with van der Waals surface area (Å²) in [6, 6.07) is 5.29. The molecule has 4 heteroatoms. The van der Waals surface area contributed by atoms with Gasteiger partial charge in [-0.3, -0.25) is 4.79 Å². The third-order valence-electron chi connectivity index (χ3n) is 3.73. The molecule has 0 atom stereocenters. The summed E-state index contributed by atoms with van der Waals surface area (Å²) in [6.07, 6.45) is 13.2. The summed E-state index contributed by atoms with van der Waals surface area (Å²) in [5, 5.41) is 3.98. The molecule has 1 rings (SSSR count). The molecule has 0 radical (unpaired) electrons. The smallest absolute Gasteiger partial charge is 0.244 e. The molecule has 0 saturated heterocycles. The molecule has 23 heavy (non-hydrogen) atoms. The SMILES string of the molecule is CCCCCCCCCCNC(=O)C=Cc1c(Cl)cccc1Cl. The van der Waals surface area contributed by atoms with E-state index in [2.05, 4.69) is 12.2 Å². The average molecular weight is 356 g/mol. The number of unbranched alkanes of at least 4 members (excludes halogenated alkanes) is 7. The second-order valence-corrected chi connectivity index (χ2v) is 6.55. The summed E-state index contributed by atoms with van der Waals surface area (Å²) < 4.78 is 0. The minimum absolute atomic E-state index is 0.107. The number of rotatable bonds is 11. The standard InChI is InChI=1S/C19H27Cl2NO/c1-2-3-4-5-6-7-8-9-15-22-19(23)14-13-16-17(20)11-10-12-18(16)21/h10-14H,2-9,15H2,1H3,(H,22,23). The Morgan fingerprint density at radius 3 is 2.17 bits per heavy atom. The van der Waals surface area contributed by atoms with E-state index in [4.69, 9.17) is 23.2 Å². The molecular weight excluding hydrogens is 329 g/mol. The maximum atomic E-state index is 11.8. The molecule has 1 N–H and O–H groups in total. The van der Waals surface area contributed by atoms with Crippen molar-refractivity contribution in [3.8, 4) is 0 Å². The molecule has 0 fully saturated rings. The lowest BCUT2D eigenvalue weighted by Crippen LogP contribution is -2.21. The molecule has 0 aliphatic heterocycles. The van der Waals surface area contributed by atoms with Gasteiger partial charge in [-0.25, -0.2) is 0 Å². The number of benzene rings is 1. The first-order valence-electron chi connectivity index (χ1n) is 8.55. The van der Waals surface area contributed by atoms with Crippen LogP contribution in [0, 0.1) is 0 Å². The largest absolute Gasteiger partial charge is 0.353 e. The van der Waals surface area contributed by atoms with Crippen LogP contribution in [0.5, 0.6) is 0 Å². The predicted octanol–water partition coefficient (Wildman–Crippen LogP) is 6.26. The van der Waals surface area contributed by atoms with Crippen molar-refractivity contribution in [3.05, 3.63) is 39.9 Å². The minimum atomic E-state index is -0.107. The third kappa shape index (κ3) is 9.02. The molecule has 0 spiro atoms. The van der Waals surface area contributed by atoms with Crippen molar-refractivity contribution in [2.24, 2.45) is 0 Å². The Kier molecular flexibility index (Phi) is 10.8. The van der Waals surface area contributed by atoms with Gasteiger partial charge in [-0.2, -0.15) is 0 Å². The van der Waals surface area contributed by atoms with Gasteiger partial charge in [0.15, 0.2) is 0 Å². The monoisotopic (exact) mass is 355 g/mol. The van der Waals surface area contributed by atoms with Crippen LogP contribution in [0.2, 0.25) is 10.0 Å². The molecule has 0 unspecified atom stereocenters. The van der Waals surface area contributed by atoms with Gasteiger partial charge in [-0.15, -0.1) is 0 Å². The van der Waals surface area contributed by atoms with Crippen molar-refractivity contribution >= 4 is 35.2 Å². The van der Waals surface area contributed by atoms with Gasteiger partial charge in [0.05, 0.1) is 0 Å². The van der Waals surface area contributed by atoms with E-state index in [1.54, 1.807) is 24.3 Å². The van der Waals surface area contributed by atoms with E-state index in [0.29, 0.717) is 22.2 Å². The Morgan fingerprint density at radius 2 is 1.57 bits per heavy atom. The molecule has 0 aliphatic rings. The molecular formula is C19H27Cl2NO. The van der Waals surface area contributed by atoms with Crippen LogP contribution in [-0.2, 0) is 4.79 Å². The Bertz CT molecular complexity index is 480. The summed E-state index contributed by atoms with van der Waals surface area (Å²) in [4.78, 5) is 11.8. The second kappa shape index (κ2) is 12.4. The van der Waals surface area contributed by atoms with Crippen LogP contribution in [-0.4, -0.2) is 12.5 Å². The van der Waals surface area contributed by atoms with E-state index >= 15 is 0 Å². The van der Waals surface area contributed by atoms with Crippen LogP contribution >= 0.6 is 23.2 Å². The molecule has 2 nitrogen and oxygen atoms in total. The Balaban J connectivity index is 2.14. The van der Waals surface area contributed by atoms with Gasteiger partial charge in [0.25, 0.3) is 0 Å². The number of hydrogen-bond donors (Lipinski definition) is 1. The Hall–Kier alpha value is -0.990. The topological polar surface area (TPSA) is 29.1 Å². The van der Waals surface area contributed by atoms with Crippen LogP contribution in [0.15, 0.2) is 24.3 Å². The van der Waals surface area contributed by atoms with Gasteiger partial charge < -0.3 is 5.32 Å². The minimum Gasteiger partial charge on any atom is -0.353 e. The number of amides is 1. The van der Waals surface area contributed by atoms with Gasteiger partial charge in [-0.1, -0.05) is 81.1 Å². The van der Waals surface area contributed by atoms with Crippen LogP contribution in [0.25, 0.3) is 6.08 Å². The number of halogens is 2. The summed E-state index contributed by atoms with van der Waals surface area (Å²) in [6.45, 7) is 2.95. The molecule has 1 amide bonds. The van der Waals surface area contributed by atoms with Crippen molar-refractivity contribution < 1.29 is 4.79 Å². The zero-order valence-electron chi connectivity index (χ0n) is 13.9. The number of carbonyl (C=O) groups is 1. The first-order valence-corrected chi connectivity index (χ1v) is 9.30. The fourth-order valence-electron chi connectivity index (χ4n) is 2.36. The second-order valence-electron chi connectivity index (χ2n) is 5.73. The van der Waals surface area contributed by atoms with Crippen LogP contribution < -0.4 is 5.32 Å². The van der Waals surface area contributed by atoms with Crippen LogP contribution in [0.4, 0.5) is 0 Å². The highest BCUT2D eigenvalue weighted by molar-refractivity contribution is 6.37. The highest BCUT2D eigenvalue weighted by Crippen LogP contribution is 2.25. The van der Waals surface area contributed by atoms with Crippen molar-refractivity contribution in [3.63, 3.8) is 0 Å². The van der Waals surface area contributed by atoms with E-state index in [1.807, 2.05) is 0 Å². The van der Waals surface area contributed by atoms with Crippen LogP contribution in [0.3, 0.4) is 0 Å². The average Bonchev–Trinajstić information content (AvgIpc) is 2.53. The van der Waals surface area contributed by atoms with E-state index in [9.17, 15) is 4.79 Å². The summed E-state index contributed by atoms with van der Waals surface area (Å²) in [5.74, 6) is -0.107. The van der Waals surface area contributed by atoms with E-state index in [1.165, 1.54) is 51.0 Å². The fraction of sp³-hybridized carbons (Fsp3) is 0.526. The van der Waals surface area contributed by atoms with Gasteiger partial charge in [-0.05, 0) is 24.6 Å². The number of nitrogens with one attached hydrogen (secondary N) is 1. The predicted molar refractivity (Wildman–Crippen MR) is 101 cm³/mol. The first-order chi connectivity index (χ1) is 11.1. The summed E-state index contributed by atoms with van der Waals surface area (Å²) >= 11 is 12.1. The molecule has 0 bridgehead atoms. The van der Waals surface area contributed by atoms with Crippen molar-refractivity contribution in [1.82, 2.24) is 5.32 Å². The van der Waals surface area contributed by atoms with Gasteiger partial charge in [0.2, 0.25) is 5.91 Å². The maximum Gasteiger partial charge on any atom is 0.244 e. The molecule has 0 saturated carbocycles. The zero-order chi connectivity index (χ0) is 16.9. The molecule has 1 aromatic rings.